The van der Waals surface area contributed by atoms with Crippen LogP contribution in [-0.2, 0) is 9.53 Å². The van der Waals surface area contributed by atoms with Crippen LogP contribution in [0.25, 0.3) is 16.6 Å². The Bertz CT molecular complexity index is 685. The van der Waals surface area contributed by atoms with Crippen LogP contribution < -0.4 is 0 Å². The maximum Gasteiger partial charge on any atom is 0.392 e. The van der Waals surface area contributed by atoms with Crippen LogP contribution in [0.3, 0.4) is 0 Å². The van der Waals surface area contributed by atoms with Gasteiger partial charge in [0.25, 0.3) is 0 Å². The maximum atomic E-state index is 11.9. The number of diazo groups is 1. The first-order valence-corrected chi connectivity index (χ1v) is 6.06. The van der Waals surface area contributed by atoms with Crippen molar-refractivity contribution in [2.75, 3.05) is 7.11 Å². The molecule has 0 bridgehead atoms. The van der Waals surface area contributed by atoms with Crippen molar-refractivity contribution in [2.24, 2.45) is 0 Å². The lowest BCUT2D eigenvalue weighted by Crippen LogP contribution is -2.03. The molecule has 0 aliphatic carbocycles. The molecule has 0 fully saturated rings. The molecule has 4 nitrogen and oxygen atoms in total. The Morgan fingerprint density at radius 1 is 1.10 bits per heavy atom. The third-order valence-corrected chi connectivity index (χ3v) is 2.83. The van der Waals surface area contributed by atoms with Gasteiger partial charge in [-0.3, -0.25) is 0 Å². The number of esters is 1. The second-order valence-electron chi connectivity index (χ2n) is 4.07. The van der Waals surface area contributed by atoms with Crippen LogP contribution >= 0.6 is 0 Å². The van der Waals surface area contributed by atoms with Gasteiger partial charge in [0.1, 0.15) is 0 Å². The second kappa shape index (κ2) is 6.30. The molecule has 2 aromatic rings. The van der Waals surface area contributed by atoms with Crippen molar-refractivity contribution in [2.45, 2.75) is 0 Å². The minimum Gasteiger partial charge on any atom is -0.465 e. The van der Waals surface area contributed by atoms with E-state index in [1.807, 2.05) is 30.3 Å². The fourth-order valence-electron chi connectivity index (χ4n) is 1.84. The van der Waals surface area contributed by atoms with Gasteiger partial charge in [-0.05, 0) is 17.7 Å². The number of rotatable bonds is 3. The van der Waals surface area contributed by atoms with E-state index in [4.69, 9.17) is 10.1 Å². The van der Waals surface area contributed by atoms with Crippen molar-refractivity contribution in [3.05, 3.63) is 70.7 Å². The molecular formula is C16H13N2O2+. The summed E-state index contributed by atoms with van der Waals surface area (Å²) in [5.74, 6) is -0.441. The van der Waals surface area contributed by atoms with Crippen molar-refractivity contribution < 1.29 is 9.53 Å². The molecule has 0 N–H and O–H groups in total. The monoisotopic (exact) mass is 265 g/mol. The van der Waals surface area contributed by atoms with Gasteiger partial charge in [-0.15, -0.1) is 0 Å². The summed E-state index contributed by atoms with van der Waals surface area (Å²) in [4.78, 5) is 15.1. The van der Waals surface area contributed by atoms with Gasteiger partial charge in [-0.1, -0.05) is 42.5 Å². The van der Waals surface area contributed by atoms with Crippen LogP contribution in [0.1, 0.15) is 11.1 Å². The lowest BCUT2D eigenvalue weighted by atomic mass is 10.0. The Morgan fingerprint density at radius 2 is 1.75 bits per heavy atom. The largest absolute Gasteiger partial charge is 0.465 e. The van der Waals surface area contributed by atoms with E-state index in [-0.39, 0.29) is 0 Å². The third-order valence-electron chi connectivity index (χ3n) is 2.83. The van der Waals surface area contributed by atoms with Gasteiger partial charge >= 0.3 is 11.7 Å². The van der Waals surface area contributed by atoms with E-state index in [1.54, 1.807) is 30.3 Å². The number of methoxy groups -OCH3 is 1. The van der Waals surface area contributed by atoms with E-state index < -0.39 is 5.97 Å². The van der Waals surface area contributed by atoms with Crippen LogP contribution in [-0.4, -0.2) is 13.1 Å². The van der Waals surface area contributed by atoms with Crippen LogP contribution in [0.4, 0.5) is 5.69 Å². The van der Waals surface area contributed by atoms with E-state index >= 15 is 0 Å². The summed E-state index contributed by atoms with van der Waals surface area (Å²) in [6.07, 6.45) is 1.65. The van der Waals surface area contributed by atoms with Gasteiger partial charge in [0, 0.05) is 6.07 Å². The van der Waals surface area contributed by atoms with Crippen molar-refractivity contribution in [1.82, 2.24) is 0 Å². The van der Waals surface area contributed by atoms with E-state index in [9.17, 15) is 4.79 Å². The molecule has 2 aromatic carbocycles. The first kappa shape index (κ1) is 13.5. The Balaban J connectivity index is 2.55. The number of carbonyl (C=O) groups excluding carboxylic acids is 1. The predicted octanol–water partition coefficient (Wildman–Crippen LogP) is 3.88. The summed E-state index contributed by atoms with van der Waals surface area (Å²) in [6, 6.07) is 16.2. The normalized spacial score (nSPS) is 10.7. The minimum absolute atomic E-state index is 0.393. The van der Waals surface area contributed by atoms with Crippen molar-refractivity contribution in [3.63, 3.8) is 0 Å². The van der Waals surface area contributed by atoms with Crippen molar-refractivity contribution in [3.8, 4) is 0 Å². The molecule has 20 heavy (non-hydrogen) atoms. The summed E-state index contributed by atoms with van der Waals surface area (Å²) in [7, 11) is 1.33. The number of hydrogen-bond donors (Lipinski definition) is 0. The first-order chi connectivity index (χ1) is 9.76. The van der Waals surface area contributed by atoms with Gasteiger partial charge in [-0.2, -0.15) is 0 Å². The average Bonchev–Trinajstić information content (AvgIpc) is 2.53. The second-order valence-corrected chi connectivity index (χ2v) is 4.07. The molecule has 0 spiro atoms. The molecule has 4 heteroatoms. The van der Waals surface area contributed by atoms with E-state index in [0.29, 0.717) is 16.8 Å². The summed E-state index contributed by atoms with van der Waals surface area (Å²) < 4.78 is 4.81. The van der Waals surface area contributed by atoms with E-state index in [2.05, 4.69) is 4.98 Å². The molecule has 0 heterocycles. The Kier molecular flexibility index (Phi) is 4.25. The van der Waals surface area contributed by atoms with Crippen LogP contribution in [0.5, 0.6) is 0 Å². The Labute approximate surface area is 116 Å². The molecule has 98 valence electrons. The number of benzene rings is 2. The number of carbonyl (C=O) groups is 1. The Hall–Kier alpha value is -2.93. The summed E-state index contributed by atoms with van der Waals surface area (Å²) >= 11 is 0. The molecule has 0 saturated heterocycles. The molecule has 0 aliphatic heterocycles. The van der Waals surface area contributed by atoms with Gasteiger partial charge in [0.05, 0.1) is 18.2 Å². The number of ether oxygens (including phenoxy) is 1. The van der Waals surface area contributed by atoms with Crippen LogP contribution in [0.15, 0.2) is 54.6 Å². The quantitative estimate of drug-likeness (QED) is 0.366. The topological polar surface area (TPSA) is 54.5 Å². The predicted molar refractivity (Wildman–Crippen MR) is 77.5 cm³/mol. The Morgan fingerprint density at radius 3 is 2.40 bits per heavy atom. The van der Waals surface area contributed by atoms with Gasteiger partial charge < -0.3 is 4.74 Å². The molecule has 0 unspecified atom stereocenters. The molecule has 0 saturated carbocycles. The maximum absolute atomic E-state index is 11.9. The van der Waals surface area contributed by atoms with Crippen LogP contribution in [0.2, 0.25) is 0 Å². The standard InChI is InChI=1S/C16H13N2O2/c1-20-16(19)14(12-7-3-2-4-8-12)11-13-9-5-6-10-15(13)18-17/h2-11H,1H3/q+1/b14-11+. The molecule has 0 aliphatic rings. The number of hydrogen-bond acceptors (Lipinski definition) is 3. The highest BCUT2D eigenvalue weighted by molar-refractivity contribution is 6.21. The van der Waals surface area contributed by atoms with Gasteiger partial charge in [-0.25, -0.2) is 4.79 Å². The smallest absolute Gasteiger partial charge is 0.392 e. The fourth-order valence-corrected chi connectivity index (χ4v) is 1.84. The van der Waals surface area contributed by atoms with E-state index in [0.717, 1.165) is 5.56 Å². The zero-order valence-corrected chi connectivity index (χ0v) is 11.0. The molecule has 2 rings (SSSR count). The van der Waals surface area contributed by atoms with E-state index in [1.165, 1.54) is 7.11 Å². The van der Waals surface area contributed by atoms with Gasteiger partial charge in [0.15, 0.2) is 4.98 Å². The molecule has 0 amide bonds. The van der Waals surface area contributed by atoms with Crippen LogP contribution in [0, 0.1) is 5.39 Å². The average molecular weight is 265 g/mol. The third kappa shape index (κ3) is 2.90. The lowest BCUT2D eigenvalue weighted by Gasteiger charge is -2.05. The summed E-state index contributed by atoms with van der Waals surface area (Å²) in [5, 5.41) is 8.98. The highest BCUT2D eigenvalue weighted by atomic mass is 16.5. The summed E-state index contributed by atoms with van der Waals surface area (Å²) in [5.41, 5.74) is 2.18. The molecular weight excluding hydrogens is 252 g/mol. The number of nitrogens with zero attached hydrogens (tertiary/aromatic N) is 2. The highest BCUT2D eigenvalue weighted by Crippen LogP contribution is 2.25. The minimum atomic E-state index is -0.441. The fraction of sp³-hybridized carbons (Fsp3) is 0.0625. The summed E-state index contributed by atoms with van der Waals surface area (Å²) in [6.45, 7) is 0. The molecule has 0 aromatic heterocycles. The lowest BCUT2D eigenvalue weighted by molar-refractivity contribution is -0.133. The molecule has 0 atom stereocenters. The highest BCUT2D eigenvalue weighted by Gasteiger charge is 2.16. The zero-order chi connectivity index (χ0) is 14.4. The zero-order valence-electron chi connectivity index (χ0n) is 11.0. The van der Waals surface area contributed by atoms with Crippen molar-refractivity contribution >= 4 is 23.3 Å². The first-order valence-electron chi connectivity index (χ1n) is 6.06. The molecule has 0 radical (unpaired) electrons. The SMILES string of the molecule is COC(=O)/C(=C/c1ccccc1[N+]#N)c1ccccc1. The van der Waals surface area contributed by atoms with Crippen molar-refractivity contribution in [1.29, 1.82) is 5.39 Å². The van der Waals surface area contributed by atoms with Gasteiger partial charge in [0.2, 0.25) is 5.39 Å².